The molecule has 0 aliphatic heterocycles. The quantitative estimate of drug-likeness (QED) is 0.651. The molecule has 0 atom stereocenters. The summed E-state index contributed by atoms with van der Waals surface area (Å²) in [6.07, 6.45) is 0. The van der Waals surface area contributed by atoms with Gasteiger partial charge in [-0.1, -0.05) is 15.4 Å². The summed E-state index contributed by atoms with van der Waals surface area (Å²) in [5.74, 6) is -0.369. The van der Waals surface area contributed by atoms with Crippen molar-refractivity contribution in [3.63, 3.8) is 0 Å². The fourth-order valence-electron chi connectivity index (χ4n) is 1.58. The number of benzene rings is 1. The molecule has 1 aromatic carbocycles. The van der Waals surface area contributed by atoms with Gasteiger partial charge in [0, 0.05) is 0 Å². The number of ether oxygens (including phenoxy) is 1. The van der Waals surface area contributed by atoms with Crippen LogP contribution in [-0.4, -0.2) is 37.7 Å². The van der Waals surface area contributed by atoms with Crippen molar-refractivity contribution in [2.75, 3.05) is 7.11 Å². The number of azo groups is 2. The molecule has 0 saturated heterocycles. The molecule has 0 aliphatic rings. The fraction of sp³-hybridized carbons (Fsp3) is 0.167. The van der Waals surface area contributed by atoms with Gasteiger partial charge in [0.15, 0.2) is 17.3 Å². The van der Waals surface area contributed by atoms with Gasteiger partial charge in [-0.25, -0.2) is 0 Å². The maximum Gasteiger partial charge on any atom is 0.366 e. The zero-order valence-electron chi connectivity index (χ0n) is 12.9. The van der Waals surface area contributed by atoms with Crippen LogP contribution in [-0.2, 0) is 0 Å². The van der Waals surface area contributed by atoms with Crippen molar-refractivity contribution >= 4 is 33.9 Å². The Kier molecular flexibility index (Phi) is 4.56. The lowest BCUT2D eigenvalue weighted by Crippen LogP contribution is -1.78. The van der Waals surface area contributed by atoms with Crippen LogP contribution in [0, 0.1) is 6.92 Å². The van der Waals surface area contributed by atoms with E-state index in [2.05, 4.69) is 40.8 Å². The third-order valence-corrected chi connectivity index (χ3v) is 3.44. The molecule has 0 amide bonds. The van der Waals surface area contributed by atoms with E-state index in [9.17, 15) is 10.2 Å². The topological polar surface area (TPSA) is 164 Å². The lowest BCUT2D eigenvalue weighted by Gasteiger charge is -2.02. The lowest BCUT2D eigenvalue weighted by molar-refractivity contribution is 0.407. The summed E-state index contributed by atoms with van der Waals surface area (Å²) in [5.41, 5.74) is -0.176. The first-order valence-electron chi connectivity index (χ1n) is 6.63. The van der Waals surface area contributed by atoms with E-state index < -0.39 is 5.75 Å². The van der Waals surface area contributed by atoms with Gasteiger partial charge in [-0.15, -0.1) is 20.4 Å². The van der Waals surface area contributed by atoms with E-state index in [1.165, 1.54) is 19.2 Å². The van der Waals surface area contributed by atoms with E-state index in [1.807, 2.05) is 0 Å². The molecule has 0 saturated carbocycles. The van der Waals surface area contributed by atoms with Crippen molar-refractivity contribution in [2.45, 2.75) is 6.92 Å². The molecule has 0 aliphatic carbocycles. The number of hydrogen-bond acceptors (Lipinski definition) is 13. The van der Waals surface area contributed by atoms with Crippen LogP contribution in [0.1, 0.15) is 5.82 Å². The van der Waals surface area contributed by atoms with Gasteiger partial charge in [0.25, 0.3) is 10.3 Å². The number of rotatable bonds is 5. The first-order chi connectivity index (χ1) is 12.1. The molecule has 25 heavy (non-hydrogen) atoms. The number of phenols is 2. The fourth-order valence-corrected chi connectivity index (χ4v) is 2.06. The minimum atomic E-state index is -0.430. The Morgan fingerprint density at radius 1 is 1.12 bits per heavy atom. The first kappa shape index (κ1) is 16.4. The largest absolute Gasteiger partial charge is 0.505 e. The van der Waals surface area contributed by atoms with Gasteiger partial charge in [0.1, 0.15) is 11.4 Å². The second-order valence-corrected chi connectivity index (χ2v) is 5.30. The Morgan fingerprint density at radius 2 is 1.96 bits per heavy atom. The molecule has 0 radical (unpaired) electrons. The monoisotopic (exact) mass is 362 g/mol. The minimum absolute atomic E-state index is 0.0441. The van der Waals surface area contributed by atoms with Crippen LogP contribution < -0.4 is 4.74 Å². The molecule has 0 spiro atoms. The van der Waals surface area contributed by atoms with Crippen LogP contribution in [0.4, 0.5) is 22.5 Å². The number of methoxy groups -OCH3 is 1. The molecule has 2 N–H and O–H groups in total. The van der Waals surface area contributed by atoms with Gasteiger partial charge < -0.3 is 19.5 Å². The van der Waals surface area contributed by atoms with Crippen molar-refractivity contribution in [1.82, 2.24) is 20.3 Å². The van der Waals surface area contributed by atoms with Crippen LogP contribution in [0.3, 0.4) is 0 Å². The van der Waals surface area contributed by atoms with Crippen LogP contribution in [0.2, 0.25) is 0 Å². The number of hydrogen-bond donors (Lipinski definition) is 2. The van der Waals surface area contributed by atoms with Crippen LogP contribution >= 0.6 is 11.3 Å². The van der Waals surface area contributed by atoms with E-state index >= 15 is 0 Å². The van der Waals surface area contributed by atoms with Gasteiger partial charge in [-0.2, -0.15) is 4.98 Å². The molecule has 3 aromatic rings. The zero-order valence-corrected chi connectivity index (χ0v) is 13.7. The Balaban J connectivity index is 1.87. The van der Waals surface area contributed by atoms with Crippen LogP contribution in [0.5, 0.6) is 16.7 Å². The zero-order chi connectivity index (χ0) is 17.8. The highest BCUT2D eigenvalue weighted by molar-refractivity contribution is 7.16. The first-order valence-corrected chi connectivity index (χ1v) is 7.44. The summed E-state index contributed by atoms with van der Waals surface area (Å²) >= 11 is 1.07. The molecular weight excluding hydrogens is 352 g/mol. The van der Waals surface area contributed by atoms with Gasteiger partial charge in [-0.05, 0) is 30.4 Å². The lowest BCUT2D eigenvalue weighted by atomic mass is 10.2. The minimum Gasteiger partial charge on any atom is -0.505 e. The summed E-state index contributed by atoms with van der Waals surface area (Å²) in [6.45, 7) is 1.61. The number of aromatic hydroxyl groups is 2. The molecule has 2 aromatic heterocycles. The second kappa shape index (κ2) is 6.96. The van der Waals surface area contributed by atoms with E-state index in [0.29, 0.717) is 11.0 Å². The summed E-state index contributed by atoms with van der Waals surface area (Å²) in [4.78, 5) is 3.82. The van der Waals surface area contributed by atoms with E-state index in [0.717, 1.165) is 11.3 Å². The maximum atomic E-state index is 10.2. The van der Waals surface area contributed by atoms with Crippen molar-refractivity contribution in [3.05, 3.63) is 18.0 Å². The molecular formula is C12H10N8O4S. The average molecular weight is 362 g/mol. The predicted octanol–water partition coefficient (Wildman–Crippen LogP) is 3.48. The van der Waals surface area contributed by atoms with E-state index in [4.69, 9.17) is 9.26 Å². The third kappa shape index (κ3) is 3.72. The standard InChI is InChI=1S/C12H10N8O4S/c1-5-13-10(24-20-5)16-15-8-7(21)4-3-6(9(8)22)14-17-11-18-19-12(23-2)25-11/h3-4,21-22H,1-2H3/b16-15+,17-14+. The normalized spacial score (nSPS) is 11.6. The number of aromatic nitrogens is 4. The highest BCUT2D eigenvalue weighted by Gasteiger charge is 2.13. The summed E-state index contributed by atoms with van der Waals surface area (Å²) in [6, 6.07) is 2.51. The second-order valence-electron chi connectivity index (χ2n) is 4.38. The molecule has 13 heteroatoms. The van der Waals surface area contributed by atoms with Crippen molar-refractivity contribution in [3.8, 4) is 16.7 Å². The Hall–Kier alpha value is -3.48. The molecule has 0 bridgehead atoms. The van der Waals surface area contributed by atoms with Crippen LogP contribution in [0.25, 0.3) is 0 Å². The van der Waals surface area contributed by atoms with Crippen molar-refractivity contribution in [2.24, 2.45) is 20.5 Å². The van der Waals surface area contributed by atoms with Gasteiger partial charge in [0.2, 0.25) is 0 Å². The highest BCUT2D eigenvalue weighted by Crippen LogP contribution is 2.44. The molecule has 12 nitrogen and oxygen atoms in total. The summed E-state index contributed by atoms with van der Waals surface area (Å²) in [7, 11) is 1.45. The summed E-state index contributed by atoms with van der Waals surface area (Å²) < 4.78 is 9.66. The van der Waals surface area contributed by atoms with Gasteiger partial charge in [0.05, 0.1) is 7.11 Å². The van der Waals surface area contributed by atoms with Gasteiger partial charge >= 0.3 is 6.01 Å². The SMILES string of the molecule is COc1nnc(/N=N/c2ccc(O)c(/N=N/c3nc(C)no3)c2O)s1. The van der Waals surface area contributed by atoms with Gasteiger partial charge in [-0.3, -0.25) is 0 Å². The molecule has 128 valence electrons. The number of phenolic OH excluding ortho intramolecular Hbond substituents is 2. The number of nitrogens with zero attached hydrogens (tertiary/aromatic N) is 8. The molecule has 2 heterocycles. The summed E-state index contributed by atoms with van der Waals surface area (Å²) in [5, 5.41) is 46.6. The van der Waals surface area contributed by atoms with E-state index in [-0.39, 0.29) is 28.3 Å². The Bertz CT molecular complexity index is 950. The van der Waals surface area contributed by atoms with Crippen molar-refractivity contribution in [1.29, 1.82) is 0 Å². The van der Waals surface area contributed by atoms with Crippen molar-refractivity contribution < 1.29 is 19.5 Å². The molecule has 0 unspecified atom stereocenters. The third-order valence-electron chi connectivity index (χ3n) is 2.67. The van der Waals surface area contributed by atoms with E-state index in [1.54, 1.807) is 6.92 Å². The predicted molar refractivity (Wildman–Crippen MR) is 83.6 cm³/mol. The highest BCUT2D eigenvalue weighted by atomic mass is 32.1. The maximum absolute atomic E-state index is 10.2. The van der Waals surface area contributed by atoms with Crippen LogP contribution in [0.15, 0.2) is 37.1 Å². The molecule has 0 fully saturated rings. The number of aryl methyl sites for hydroxylation is 1. The Morgan fingerprint density at radius 3 is 2.64 bits per heavy atom. The molecule has 3 rings (SSSR count). The average Bonchev–Trinajstić information content (AvgIpc) is 3.22. The Labute approximate surface area is 143 Å². The smallest absolute Gasteiger partial charge is 0.366 e.